The molecule has 0 amide bonds. The van der Waals surface area contributed by atoms with Gasteiger partial charge in [-0.2, -0.15) is 13.2 Å². The maximum absolute atomic E-state index is 10.5. The number of hydrogen-bond acceptors (Lipinski definition) is 2. The molecule has 0 unspecified atom stereocenters. The normalized spacial score (nSPS) is 12.7. The molecule has 0 bridgehead atoms. The van der Waals surface area contributed by atoms with E-state index in [2.05, 4.69) is 112 Å². The van der Waals surface area contributed by atoms with Crippen LogP contribution < -0.4 is 26.8 Å². The van der Waals surface area contributed by atoms with E-state index in [4.69, 9.17) is 9.90 Å². The van der Waals surface area contributed by atoms with Crippen LogP contribution in [0.15, 0.2) is 91.0 Å². The Labute approximate surface area is 206 Å². The van der Waals surface area contributed by atoms with Gasteiger partial charge in [0.2, 0.25) is 0 Å². The fourth-order valence-corrected chi connectivity index (χ4v) is 11.7. The zero-order chi connectivity index (χ0) is 25.1. The molecule has 8 heteroatoms. The SMILES string of the molecule is O=C([O-])C(F)(F)F.[NH3+]CCCCCCP(Br)(c1ccccc1)(c1ccccc1)c1ccccc1. The standard InChI is InChI=1S/C24H29BrNP.C2HF3O2/c25-27(21-13-2-1-12-20-26,22-14-6-3-7-15-22,23-16-8-4-9-17-23)24-18-10-5-11-19-24;3-2(4,5)1(6)7/h3-11,14-19H,1-2,12-13,20-21,26H2;(H,6,7). The fraction of sp³-hybridized carbons (Fsp3) is 0.269. The zero-order valence-electron chi connectivity index (χ0n) is 18.9. The first-order valence-electron chi connectivity index (χ1n) is 11.1. The molecular formula is C26H30BrF3NO2P. The number of carbonyl (C=O) groups excluding carboxylic acids is 1. The molecule has 3 nitrogen and oxygen atoms in total. The van der Waals surface area contributed by atoms with Gasteiger partial charge in [-0.05, 0) is 0 Å². The van der Waals surface area contributed by atoms with Crippen LogP contribution in [-0.2, 0) is 4.79 Å². The predicted octanol–water partition coefficient (Wildman–Crippen LogP) is 3.93. The van der Waals surface area contributed by atoms with Crippen molar-refractivity contribution in [2.75, 3.05) is 12.7 Å². The number of rotatable bonds is 9. The molecule has 0 aliphatic rings. The first kappa shape index (κ1) is 28.0. The van der Waals surface area contributed by atoms with E-state index >= 15 is 0 Å². The van der Waals surface area contributed by atoms with E-state index in [0.29, 0.717) is 0 Å². The second-order valence-electron chi connectivity index (χ2n) is 7.97. The van der Waals surface area contributed by atoms with Crippen LogP contribution in [-0.4, -0.2) is 24.9 Å². The van der Waals surface area contributed by atoms with Gasteiger partial charge in [-0.3, -0.25) is 0 Å². The predicted molar refractivity (Wildman–Crippen MR) is 136 cm³/mol. The van der Waals surface area contributed by atoms with Crippen LogP contribution in [0.4, 0.5) is 13.2 Å². The van der Waals surface area contributed by atoms with E-state index in [9.17, 15) is 13.2 Å². The number of alkyl halides is 3. The maximum atomic E-state index is 10.5. The Bertz CT molecular complexity index is 919. The molecule has 0 radical (unpaired) electrons. The van der Waals surface area contributed by atoms with Crippen molar-refractivity contribution in [2.24, 2.45) is 0 Å². The van der Waals surface area contributed by atoms with Gasteiger partial charge in [0.1, 0.15) is 5.97 Å². The Kier molecular flexibility index (Phi) is 10.3. The van der Waals surface area contributed by atoms with Crippen molar-refractivity contribution in [3.05, 3.63) is 91.0 Å². The Balaban J connectivity index is 0.000000509. The van der Waals surface area contributed by atoms with Crippen LogP contribution in [0.2, 0.25) is 0 Å². The molecule has 184 valence electrons. The van der Waals surface area contributed by atoms with Crippen LogP contribution >= 0.6 is 20.8 Å². The van der Waals surface area contributed by atoms with E-state index in [1.54, 1.807) is 0 Å². The second-order valence-corrected chi connectivity index (χ2v) is 17.0. The molecule has 3 aromatic carbocycles. The second kappa shape index (κ2) is 12.5. The summed E-state index contributed by atoms with van der Waals surface area (Å²) in [6.07, 6.45) is 0.898. The third-order valence-electron chi connectivity index (χ3n) is 5.69. The molecule has 0 spiro atoms. The summed E-state index contributed by atoms with van der Waals surface area (Å²) in [4.78, 5) is 8.78. The molecule has 0 saturated carbocycles. The molecule has 0 saturated heterocycles. The number of carboxylic acid groups (broad SMARTS) is 1. The van der Waals surface area contributed by atoms with Gasteiger partial charge in [-0.15, -0.1) is 0 Å². The number of aliphatic carboxylic acids is 1. The molecule has 0 aliphatic carbocycles. The zero-order valence-corrected chi connectivity index (χ0v) is 21.4. The van der Waals surface area contributed by atoms with Crippen LogP contribution in [0, 0.1) is 0 Å². The van der Waals surface area contributed by atoms with Gasteiger partial charge < -0.3 is 9.90 Å². The van der Waals surface area contributed by atoms with Gasteiger partial charge in [-0.1, -0.05) is 0 Å². The van der Waals surface area contributed by atoms with Crippen molar-refractivity contribution >= 4 is 42.7 Å². The molecule has 34 heavy (non-hydrogen) atoms. The van der Waals surface area contributed by atoms with E-state index < -0.39 is 17.5 Å². The molecular weight excluding hydrogens is 526 g/mol. The average molecular weight is 556 g/mol. The number of halogens is 4. The quantitative estimate of drug-likeness (QED) is 0.321. The van der Waals surface area contributed by atoms with Crippen LogP contribution in [0.5, 0.6) is 0 Å². The van der Waals surface area contributed by atoms with Crippen molar-refractivity contribution in [3.8, 4) is 0 Å². The van der Waals surface area contributed by atoms with Crippen LogP contribution in [0.25, 0.3) is 0 Å². The topological polar surface area (TPSA) is 67.8 Å². The molecule has 0 aromatic heterocycles. The van der Waals surface area contributed by atoms with Crippen molar-refractivity contribution < 1.29 is 28.8 Å². The van der Waals surface area contributed by atoms with Crippen molar-refractivity contribution in [2.45, 2.75) is 31.9 Å². The Hall–Kier alpha value is -2.21. The van der Waals surface area contributed by atoms with Crippen molar-refractivity contribution in [1.29, 1.82) is 0 Å². The summed E-state index contributed by atoms with van der Waals surface area (Å²) in [5.41, 5.74) is 3.99. The van der Waals surface area contributed by atoms with Gasteiger partial charge >= 0.3 is 178 Å². The third kappa shape index (κ3) is 6.68. The molecule has 3 N–H and O–H groups in total. The number of unbranched alkanes of at least 4 members (excludes halogenated alkanes) is 3. The number of hydrogen-bond donors (Lipinski definition) is 1. The summed E-state index contributed by atoms with van der Waals surface area (Å²) < 4.78 is 31.5. The minimum absolute atomic E-state index is 1.04. The van der Waals surface area contributed by atoms with Gasteiger partial charge in [0, 0.05) is 0 Å². The molecule has 0 aliphatic heterocycles. The van der Waals surface area contributed by atoms with Crippen molar-refractivity contribution in [1.82, 2.24) is 0 Å². The average Bonchev–Trinajstić information content (AvgIpc) is 2.85. The number of benzene rings is 3. The third-order valence-corrected chi connectivity index (χ3v) is 15.7. The first-order valence-corrected chi connectivity index (χ1v) is 15.6. The minimum atomic E-state index is -5.19. The number of carboxylic acids is 1. The van der Waals surface area contributed by atoms with E-state index in [1.165, 1.54) is 41.6 Å². The van der Waals surface area contributed by atoms with Crippen LogP contribution in [0.3, 0.4) is 0 Å². The monoisotopic (exact) mass is 555 g/mol. The summed E-state index contributed by atoms with van der Waals surface area (Å²) in [6, 6.07) is 33.2. The summed E-state index contributed by atoms with van der Waals surface area (Å²) in [5, 5.41) is 10.3. The van der Waals surface area contributed by atoms with Gasteiger partial charge in [-0.25, -0.2) is 0 Å². The Morgan fingerprint density at radius 2 is 1.06 bits per heavy atom. The molecule has 3 rings (SSSR count). The summed E-state index contributed by atoms with van der Waals surface area (Å²) in [6.45, 7) is 1.04. The van der Waals surface area contributed by atoms with E-state index in [1.807, 2.05) is 0 Å². The molecule has 0 heterocycles. The van der Waals surface area contributed by atoms with Crippen LogP contribution in [0.1, 0.15) is 25.7 Å². The summed E-state index contributed by atoms with van der Waals surface area (Å²) in [7, 11) is 0. The number of carbonyl (C=O) groups is 1. The van der Waals surface area contributed by atoms with Gasteiger partial charge in [0.05, 0.1) is 0 Å². The van der Waals surface area contributed by atoms with E-state index in [-0.39, 0.29) is 0 Å². The molecule has 0 fully saturated rings. The Morgan fingerprint density at radius 1 is 0.735 bits per heavy atom. The van der Waals surface area contributed by atoms with Gasteiger partial charge in [0.15, 0.2) is 0 Å². The van der Waals surface area contributed by atoms with Gasteiger partial charge in [0.25, 0.3) is 0 Å². The first-order chi connectivity index (χ1) is 16.1. The summed E-state index contributed by atoms with van der Waals surface area (Å²) in [5.74, 6) is -3.01. The molecule has 3 aromatic rings. The summed E-state index contributed by atoms with van der Waals surface area (Å²) >= 11 is 4.50. The molecule has 0 atom stereocenters. The van der Waals surface area contributed by atoms with Crippen molar-refractivity contribution in [3.63, 3.8) is 0 Å². The Morgan fingerprint density at radius 3 is 1.35 bits per heavy atom. The number of quaternary nitrogens is 1. The fourth-order valence-electron chi connectivity index (χ4n) is 3.99. The van der Waals surface area contributed by atoms with E-state index in [0.717, 1.165) is 12.7 Å².